The number of hydrogen-bond donors (Lipinski definition) is 1. The van der Waals surface area contributed by atoms with Crippen molar-refractivity contribution in [2.75, 3.05) is 26.2 Å². The third-order valence-electron chi connectivity index (χ3n) is 3.05. The maximum atomic E-state index is 13.4. The molecular weight excluding hydrogens is 389 g/mol. The molecule has 1 aliphatic rings. The Kier molecular flexibility index (Phi) is 9.68. The van der Waals surface area contributed by atoms with Gasteiger partial charge in [0, 0.05) is 37.9 Å². The van der Waals surface area contributed by atoms with Crippen LogP contribution < -0.4 is 5.32 Å². The van der Waals surface area contributed by atoms with Crippen LogP contribution in [0.1, 0.15) is 11.6 Å². The van der Waals surface area contributed by atoms with Crippen molar-refractivity contribution < 1.29 is 8.78 Å². The van der Waals surface area contributed by atoms with E-state index >= 15 is 0 Å². The Labute approximate surface area is 149 Å². The Bertz CT molecular complexity index is 458. The van der Waals surface area contributed by atoms with E-state index < -0.39 is 12.5 Å². The highest BCUT2D eigenvalue weighted by atomic mass is 35.5. The van der Waals surface area contributed by atoms with E-state index in [-0.39, 0.29) is 45.6 Å². The third-order valence-corrected chi connectivity index (χ3v) is 4.11. The van der Waals surface area contributed by atoms with Gasteiger partial charge in [0.2, 0.25) is 0 Å². The molecule has 21 heavy (non-hydrogen) atoms. The van der Waals surface area contributed by atoms with Gasteiger partial charge in [0.05, 0.1) is 16.1 Å². The highest BCUT2D eigenvalue weighted by Gasteiger charge is 2.34. The molecule has 0 saturated carbocycles. The number of hydrogen-bond acceptors (Lipinski definition) is 3. The summed E-state index contributed by atoms with van der Waals surface area (Å²) in [4.78, 5) is 5.41. The van der Waals surface area contributed by atoms with E-state index in [0.717, 1.165) is 0 Å². The zero-order valence-corrected chi connectivity index (χ0v) is 14.6. The van der Waals surface area contributed by atoms with Gasteiger partial charge >= 0.3 is 0 Å². The Morgan fingerprint density at radius 1 is 1.14 bits per heavy atom. The molecule has 0 spiro atoms. The monoisotopic (exact) mass is 401 g/mol. The molecule has 1 saturated heterocycles. The van der Waals surface area contributed by atoms with Crippen LogP contribution in [-0.4, -0.2) is 42.5 Å². The molecular formula is C11H14Cl5F2N3. The lowest BCUT2D eigenvalue weighted by Gasteiger charge is -2.35. The van der Waals surface area contributed by atoms with Crippen LogP contribution in [0.2, 0.25) is 15.2 Å². The highest BCUT2D eigenvalue weighted by Crippen LogP contribution is 2.39. The molecule has 0 amide bonds. The smallest absolute Gasteiger partial charge is 0.258 e. The normalized spacial score (nSPS) is 17.0. The molecule has 10 heteroatoms. The fraction of sp³-hybridized carbons (Fsp3) is 0.545. The number of pyridine rings is 1. The van der Waals surface area contributed by atoms with Crippen molar-refractivity contribution in [2.45, 2.75) is 12.5 Å². The van der Waals surface area contributed by atoms with Crippen molar-refractivity contribution in [2.24, 2.45) is 0 Å². The van der Waals surface area contributed by atoms with Crippen molar-refractivity contribution in [3.8, 4) is 0 Å². The van der Waals surface area contributed by atoms with Crippen LogP contribution in [0.4, 0.5) is 8.78 Å². The number of alkyl halides is 2. The average molecular weight is 404 g/mol. The summed E-state index contributed by atoms with van der Waals surface area (Å²) in [6, 6.07) is -1.16. The number of nitrogens with one attached hydrogen (secondary N) is 1. The van der Waals surface area contributed by atoms with Gasteiger partial charge < -0.3 is 5.32 Å². The van der Waals surface area contributed by atoms with Crippen LogP contribution in [0.25, 0.3) is 0 Å². The molecule has 0 bridgehead atoms. The van der Waals surface area contributed by atoms with Crippen molar-refractivity contribution in [3.05, 3.63) is 27.0 Å². The van der Waals surface area contributed by atoms with Gasteiger partial charge in [-0.1, -0.05) is 34.8 Å². The molecule has 1 N–H and O–H groups in total. The number of aromatic nitrogens is 1. The molecule has 0 aliphatic carbocycles. The largest absolute Gasteiger partial charge is 0.314 e. The van der Waals surface area contributed by atoms with Crippen LogP contribution in [0, 0.1) is 0 Å². The standard InChI is InChI=1S/C11H12Cl3F2N3.2ClH/c12-6-5-18-10(14)8(13)7(6)9(11(15)16)19-3-1-17-2-4-19;;/h5,9,11,17H,1-4H2;2*1H/t9-;;/m1../s1. The predicted octanol–water partition coefficient (Wildman–Crippen LogP) is 4.10. The van der Waals surface area contributed by atoms with Crippen LogP contribution in [0.3, 0.4) is 0 Å². The highest BCUT2D eigenvalue weighted by molar-refractivity contribution is 6.43. The van der Waals surface area contributed by atoms with E-state index in [9.17, 15) is 8.78 Å². The Balaban J connectivity index is 0.00000200. The molecule has 1 atom stereocenters. The zero-order valence-electron chi connectivity index (χ0n) is 10.7. The average Bonchev–Trinajstić information content (AvgIpc) is 2.39. The molecule has 0 aromatic carbocycles. The molecule has 0 radical (unpaired) electrons. The quantitative estimate of drug-likeness (QED) is 0.771. The van der Waals surface area contributed by atoms with Crippen molar-refractivity contribution in [3.63, 3.8) is 0 Å². The summed E-state index contributed by atoms with van der Waals surface area (Å²) >= 11 is 17.8. The molecule has 1 aliphatic heterocycles. The molecule has 1 aromatic rings. The van der Waals surface area contributed by atoms with Crippen LogP contribution in [0.5, 0.6) is 0 Å². The molecule has 2 rings (SSSR count). The number of piperazine rings is 1. The van der Waals surface area contributed by atoms with Crippen LogP contribution in [0.15, 0.2) is 6.20 Å². The summed E-state index contributed by atoms with van der Waals surface area (Å²) in [6.45, 7) is 2.30. The minimum absolute atomic E-state index is 0. The molecule has 2 heterocycles. The van der Waals surface area contributed by atoms with E-state index in [1.807, 2.05) is 0 Å². The van der Waals surface area contributed by atoms with E-state index in [4.69, 9.17) is 34.8 Å². The summed E-state index contributed by atoms with van der Waals surface area (Å²) in [5.41, 5.74) is 0.153. The first-order valence-corrected chi connectivity index (χ1v) is 6.88. The zero-order chi connectivity index (χ0) is 14.0. The number of halogens is 7. The Morgan fingerprint density at radius 3 is 2.24 bits per heavy atom. The maximum absolute atomic E-state index is 13.4. The van der Waals surface area contributed by atoms with Gasteiger partial charge in [0.1, 0.15) is 5.15 Å². The van der Waals surface area contributed by atoms with Crippen molar-refractivity contribution >= 4 is 59.6 Å². The molecule has 1 fully saturated rings. The Morgan fingerprint density at radius 2 is 1.71 bits per heavy atom. The van der Waals surface area contributed by atoms with E-state index in [2.05, 4.69) is 10.3 Å². The lowest BCUT2D eigenvalue weighted by atomic mass is 10.1. The lowest BCUT2D eigenvalue weighted by molar-refractivity contribution is 0.0182. The van der Waals surface area contributed by atoms with Gasteiger partial charge in [-0.15, -0.1) is 24.8 Å². The summed E-state index contributed by atoms with van der Waals surface area (Å²) in [7, 11) is 0. The third kappa shape index (κ3) is 4.93. The molecule has 0 unspecified atom stereocenters. The lowest BCUT2D eigenvalue weighted by Crippen LogP contribution is -2.47. The summed E-state index contributed by atoms with van der Waals surface area (Å²) in [5.74, 6) is 0. The maximum Gasteiger partial charge on any atom is 0.258 e. The second kappa shape index (κ2) is 9.50. The van der Waals surface area contributed by atoms with Crippen LogP contribution >= 0.6 is 59.6 Å². The van der Waals surface area contributed by atoms with Crippen LogP contribution in [-0.2, 0) is 0 Å². The minimum Gasteiger partial charge on any atom is -0.314 e. The fourth-order valence-corrected chi connectivity index (χ4v) is 2.87. The minimum atomic E-state index is -2.61. The summed E-state index contributed by atoms with van der Waals surface area (Å²) < 4.78 is 26.8. The first kappa shape index (κ1) is 21.4. The van der Waals surface area contributed by atoms with Gasteiger partial charge in [0.25, 0.3) is 6.43 Å². The SMILES string of the molecule is Cl.Cl.FC(F)[C@@H](c1c(Cl)cnc(Cl)c1Cl)N1CCNCC1. The molecule has 122 valence electrons. The van der Waals surface area contributed by atoms with E-state index in [0.29, 0.717) is 26.2 Å². The fourth-order valence-electron chi connectivity index (χ4n) is 2.15. The summed E-state index contributed by atoms with van der Waals surface area (Å²) in [5, 5.41) is 3.21. The number of rotatable bonds is 3. The van der Waals surface area contributed by atoms with Crippen molar-refractivity contribution in [1.82, 2.24) is 15.2 Å². The first-order valence-electron chi connectivity index (χ1n) is 5.74. The first-order chi connectivity index (χ1) is 9.02. The van der Waals surface area contributed by atoms with Gasteiger partial charge in [-0.2, -0.15) is 0 Å². The van der Waals surface area contributed by atoms with E-state index in [1.54, 1.807) is 4.90 Å². The van der Waals surface area contributed by atoms with Gasteiger partial charge in [0.15, 0.2) is 0 Å². The summed E-state index contributed by atoms with van der Waals surface area (Å²) in [6.07, 6.45) is -1.35. The van der Waals surface area contributed by atoms with Gasteiger partial charge in [-0.05, 0) is 0 Å². The van der Waals surface area contributed by atoms with Gasteiger partial charge in [-0.25, -0.2) is 13.8 Å². The second-order valence-corrected chi connectivity index (χ2v) is 5.33. The second-order valence-electron chi connectivity index (χ2n) is 4.19. The molecule has 3 nitrogen and oxygen atoms in total. The van der Waals surface area contributed by atoms with E-state index in [1.165, 1.54) is 6.20 Å². The molecule has 1 aromatic heterocycles. The van der Waals surface area contributed by atoms with Crippen molar-refractivity contribution in [1.29, 1.82) is 0 Å². The number of nitrogens with zero attached hydrogens (tertiary/aromatic N) is 2. The Hall–Kier alpha value is 0.380. The topological polar surface area (TPSA) is 28.2 Å². The van der Waals surface area contributed by atoms with Gasteiger partial charge in [-0.3, -0.25) is 4.90 Å². The predicted molar refractivity (Wildman–Crippen MR) is 87.0 cm³/mol.